The Kier molecular flexibility index (Phi) is 9.79. The third-order valence-corrected chi connectivity index (χ3v) is 7.50. The minimum atomic E-state index is -0.325. The molecule has 1 aliphatic rings. The van der Waals surface area contributed by atoms with E-state index in [1.165, 1.54) is 83.3 Å². The third-order valence-electron chi connectivity index (χ3n) is 7.50. The molecule has 0 aliphatic heterocycles. The maximum atomic E-state index is 14.8. The van der Waals surface area contributed by atoms with Crippen LogP contribution in [0.2, 0.25) is 0 Å². The highest BCUT2D eigenvalue weighted by Crippen LogP contribution is 2.41. The van der Waals surface area contributed by atoms with E-state index in [-0.39, 0.29) is 11.6 Å². The second-order valence-corrected chi connectivity index (χ2v) is 9.66. The highest BCUT2D eigenvalue weighted by Gasteiger charge is 2.24. The zero-order valence-electron chi connectivity index (χ0n) is 20.8. The summed E-state index contributed by atoms with van der Waals surface area (Å²) < 4.78 is 20.2. The molecule has 0 radical (unpaired) electrons. The smallest absolute Gasteiger partial charge is 0.168 e. The zero-order chi connectivity index (χ0) is 23.6. The number of benzene rings is 2. The van der Waals surface area contributed by atoms with Crippen LogP contribution in [-0.4, -0.2) is 7.11 Å². The first kappa shape index (κ1) is 25.3. The van der Waals surface area contributed by atoms with Gasteiger partial charge in [-0.3, -0.25) is 0 Å². The molecule has 1 saturated carbocycles. The van der Waals surface area contributed by atoms with Crippen LogP contribution >= 0.6 is 0 Å². The number of ether oxygens (including phenoxy) is 1. The van der Waals surface area contributed by atoms with Crippen molar-refractivity contribution in [3.63, 3.8) is 0 Å². The molecule has 178 valence electrons. The molecule has 0 amide bonds. The summed E-state index contributed by atoms with van der Waals surface area (Å²) >= 11 is 0. The van der Waals surface area contributed by atoms with E-state index in [0.717, 1.165) is 11.5 Å². The second-order valence-electron chi connectivity index (χ2n) is 9.66. The molecule has 2 nitrogen and oxygen atoms in total. The number of unbranched alkanes of at least 4 members (excludes halogenated alkanes) is 5. The van der Waals surface area contributed by atoms with Crippen molar-refractivity contribution in [2.75, 3.05) is 7.11 Å². The van der Waals surface area contributed by atoms with Crippen LogP contribution in [-0.2, 0) is 6.42 Å². The van der Waals surface area contributed by atoms with Crippen LogP contribution in [0.5, 0.6) is 5.75 Å². The van der Waals surface area contributed by atoms with Crippen molar-refractivity contribution in [1.82, 2.24) is 0 Å². The van der Waals surface area contributed by atoms with Gasteiger partial charge in [0, 0.05) is 11.1 Å². The average molecular weight is 450 g/mol. The number of hydrogen-bond acceptors (Lipinski definition) is 2. The van der Waals surface area contributed by atoms with Gasteiger partial charge in [0.05, 0.1) is 18.7 Å². The molecule has 0 unspecified atom stereocenters. The van der Waals surface area contributed by atoms with Gasteiger partial charge in [-0.2, -0.15) is 5.26 Å². The van der Waals surface area contributed by atoms with Crippen LogP contribution in [0.25, 0.3) is 11.1 Å². The predicted octanol–water partition coefficient (Wildman–Crippen LogP) is 8.96. The van der Waals surface area contributed by atoms with E-state index < -0.39 is 0 Å². The quantitative estimate of drug-likeness (QED) is 0.321. The van der Waals surface area contributed by atoms with Crippen molar-refractivity contribution in [3.05, 3.63) is 52.8 Å². The van der Waals surface area contributed by atoms with Gasteiger partial charge < -0.3 is 4.74 Å². The minimum Gasteiger partial charge on any atom is -0.493 e. The number of methoxy groups -OCH3 is 1. The van der Waals surface area contributed by atoms with Gasteiger partial charge in [-0.05, 0) is 61.1 Å². The molecule has 33 heavy (non-hydrogen) atoms. The molecule has 2 aromatic rings. The van der Waals surface area contributed by atoms with Crippen molar-refractivity contribution >= 4 is 0 Å². The molecular formula is C30H40FNO. The molecule has 2 aromatic carbocycles. The molecule has 0 N–H and O–H groups in total. The number of halogens is 1. The topological polar surface area (TPSA) is 33.0 Å². The van der Waals surface area contributed by atoms with Crippen molar-refractivity contribution in [2.24, 2.45) is 5.92 Å². The number of nitrogens with zero attached hydrogens (tertiary/aromatic N) is 1. The second kappa shape index (κ2) is 12.8. The van der Waals surface area contributed by atoms with E-state index in [1.54, 1.807) is 6.07 Å². The molecule has 1 aliphatic carbocycles. The lowest BCUT2D eigenvalue weighted by Gasteiger charge is -2.29. The van der Waals surface area contributed by atoms with Crippen LogP contribution in [0.1, 0.15) is 107 Å². The van der Waals surface area contributed by atoms with E-state index in [9.17, 15) is 9.65 Å². The highest BCUT2D eigenvalue weighted by molar-refractivity contribution is 5.77. The van der Waals surface area contributed by atoms with Crippen LogP contribution < -0.4 is 4.74 Å². The summed E-state index contributed by atoms with van der Waals surface area (Å²) in [6.45, 7) is 4.20. The maximum absolute atomic E-state index is 14.8. The summed E-state index contributed by atoms with van der Waals surface area (Å²) in [6, 6.07) is 12.2. The van der Waals surface area contributed by atoms with Crippen molar-refractivity contribution < 1.29 is 9.13 Å². The molecule has 0 aromatic heterocycles. The summed E-state index contributed by atoms with van der Waals surface area (Å²) in [7, 11) is 1.49. The predicted molar refractivity (Wildman–Crippen MR) is 135 cm³/mol. The molecule has 3 heteroatoms. The first-order valence-corrected chi connectivity index (χ1v) is 13.0. The summed E-state index contributed by atoms with van der Waals surface area (Å²) in [6.07, 6.45) is 15.2. The molecule has 0 spiro atoms. The first-order valence-electron chi connectivity index (χ1n) is 13.0. The fourth-order valence-corrected chi connectivity index (χ4v) is 5.42. The van der Waals surface area contributed by atoms with Crippen LogP contribution in [0.15, 0.2) is 30.3 Å². The Morgan fingerprint density at radius 3 is 2.30 bits per heavy atom. The van der Waals surface area contributed by atoms with E-state index in [0.29, 0.717) is 29.0 Å². The number of nitriles is 1. The zero-order valence-corrected chi connectivity index (χ0v) is 20.8. The Hall–Kier alpha value is -2.34. The lowest BCUT2D eigenvalue weighted by atomic mass is 9.76. The minimum absolute atomic E-state index is 0.230. The van der Waals surface area contributed by atoms with Gasteiger partial charge in [0.2, 0.25) is 0 Å². The van der Waals surface area contributed by atoms with Gasteiger partial charge >= 0.3 is 0 Å². The van der Waals surface area contributed by atoms with Gasteiger partial charge in [0.25, 0.3) is 0 Å². The van der Waals surface area contributed by atoms with E-state index in [1.807, 2.05) is 25.1 Å². The molecule has 0 bridgehead atoms. The Labute approximate surface area is 200 Å². The Balaban J connectivity index is 1.65. The summed E-state index contributed by atoms with van der Waals surface area (Å²) in [5.74, 6) is 1.29. The van der Waals surface area contributed by atoms with Gasteiger partial charge in [-0.25, -0.2) is 4.39 Å². The van der Waals surface area contributed by atoms with E-state index >= 15 is 0 Å². The van der Waals surface area contributed by atoms with Gasteiger partial charge in [-0.15, -0.1) is 0 Å². The fourth-order valence-electron chi connectivity index (χ4n) is 5.42. The molecule has 0 atom stereocenters. The summed E-state index contributed by atoms with van der Waals surface area (Å²) in [5, 5.41) is 9.87. The Morgan fingerprint density at radius 1 is 0.939 bits per heavy atom. The lowest BCUT2D eigenvalue weighted by Crippen LogP contribution is -2.13. The SMILES string of the molecule is CCCCCCCCC1CCC(c2ccc(-c3ccc(CC)c(F)c3OC)c(C#N)c2)CC1. The van der Waals surface area contributed by atoms with Crippen molar-refractivity contribution in [1.29, 1.82) is 5.26 Å². The molecule has 1 fully saturated rings. The number of rotatable bonds is 11. The van der Waals surface area contributed by atoms with Crippen LogP contribution in [0.4, 0.5) is 4.39 Å². The average Bonchev–Trinajstić information content (AvgIpc) is 2.86. The lowest BCUT2D eigenvalue weighted by molar-refractivity contribution is 0.302. The van der Waals surface area contributed by atoms with Crippen LogP contribution in [0, 0.1) is 23.1 Å². The standard InChI is InChI=1S/C30H40FNO/c1-4-6-7-8-9-10-11-22-12-14-24(15-13-22)25-17-18-27(26(20-25)21-32)28-19-16-23(5-2)29(31)30(28)33-3/h16-20,22,24H,4-15H2,1-3H3. The normalized spacial score (nSPS) is 18.2. The number of hydrogen-bond donors (Lipinski definition) is 0. The Morgan fingerprint density at radius 2 is 1.64 bits per heavy atom. The van der Waals surface area contributed by atoms with Gasteiger partial charge in [0.15, 0.2) is 11.6 Å². The molecule has 0 heterocycles. The van der Waals surface area contributed by atoms with E-state index in [2.05, 4.69) is 19.1 Å². The Bertz CT molecular complexity index is 937. The monoisotopic (exact) mass is 449 g/mol. The highest BCUT2D eigenvalue weighted by atomic mass is 19.1. The molecular weight excluding hydrogens is 409 g/mol. The van der Waals surface area contributed by atoms with Gasteiger partial charge in [0.1, 0.15) is 0 Å². The van der Waals surface area contributed by atoms with E-state index in [4.69, 9.17) is 4.74 Å². The molecule has 0 saturated heterocycles. The summed E-state index contributed by atoms with van der Waals surface area (Å²) in [5.41, 5.74) is 3.87. The summed E-state index contributed by atoms with van der Waals surface area (Å²) in [4.78, 5) is 0. The van der Waals surface area contributed by atoms with Crippen LogP contribution in [0.3, 0.4) is 0 Å². The fraction of sp³-hybridized carbons (Fsp3) is 0.567. The number of aryl methyl sites for hydroxylation is 1. The van der Waals surface area contributed by atoms with Crippen molar-refractivity contribution in [2.45, 2.75) is 96.8 Å². The molecule has 3 rings (SSSR count). The van der Waals surface area contributed by atoms with Crippen molar-refractivity contribution in [3.8, 4) is 22.9 Å². The first-order chi connectivity index (χ1) is 16.1. The van der Waals surface area contributed by atoms with Gasteiger partial charge in [-0.1, -0.05) is 83.1 Å². The largest absolute Gasteiger partial charge is 0.493 e. The maximum Gasteiger partial charge on any atom is 0.168 e. The third kappa shape index (κ3) is 6.38.